The molecular formula is C13H14Cl2F6N2. The summed E-state index contributed by atoms with van der Waals surface area (Å²) in [4.78, 5) is 1.19. The van der Waals surface area contributed by atoms with E-state index in [2.05, 4.69) is 5.32 Å². The topological polar surface area (TPSA) is 15.3 Å². The molecule has 0 amide bonds. The van der Waals surface area contributed by atoms with Gasteiger partial charge in [0.1, 0.15) is 6.04 Å². The second-order valence-electron chi connectivity index (χ2n) is 4.97. The van der Waals surface area contributed by atoms with E-state index in [0.717, 1.165) is 12.1 Å². The van der Waals surface area contributed by atoms with Crippen molar-refractivity contribution in [1.82, 2.24) is 10.2 Å². The van der Waals surface area contributed by atoms with Gasteiger partial charge in [-0.3, -0.25) is 4.90 Å². The van der Waals surface area contributed by atoms with Crippen LogP contribution in [0.2, 0.25) is 5.02 Å². The molecule has 132 valence electrons. The first kappa shape index (κ1) is 20.3. The summed E-state index contributed by atoms with van der Waals surface area (Å²) < 4.78 is 77.9. The van der Waals surface area contributed by atoms with Crippen LogP contribution in [0, 0.1) is 0 Å². The number of alkyl halides is 6. The first-order chi connectivity index (χ1) is 10.1. The van der Waals surface area contributed by atoms with Crippen molar-refractivity contribution in [2.75, 3.05) is 26.2 Å². The second-order valence-corrected chi connectivity index (χ2v) is 5.37. The predicted octanol–water partition coefficient (Wildman–Crippen LogP) is 4.29. The Kier molecular flexibility index (Phi) is 6.60. The lowest BCUT2D eigenvalue weighted by atomic mass is 10.0. The average Bonchev–Trinajstić information content (AvgIpc) is 2.37. The molecule has 0 spiro atoms. The van der Waals surface area contributed by atoms with Crippen molar-refractivity contribution >= 4 is 24.0 Å². The van der Waals surface area contributed by atoms with E-state index in [1.807, 2.05) is 0 Å². The zero-order valence-corrected chi connectivity index (χ0v) is 13.2. The highest BCUT2D eigenvalue weighted by Gasteiger charge is 2.45. The maximum atomic E-state index is 13.3. The molecule has 1 aromatic carbocycles. The van der Waals surface area contributed by atoms with E-state index >= 15 is 0 Å². The molecule has 0 saturated carbocycles. The molecule has 2 rings (SSSR count). The molecule has 1 aliphatic heterocycles. The van der Waals surface area contributed by atoms with E-state index in [4.69, 9.17) is 11.6 Å². The largest absolute Gasteiger partial charge is 0.417 e. The number of hydrogen-bond acceptors (Lipinski definition) is 2. The summed E-state index contributed by atoms with van der Waals surface area (Å²) in [6.07, 6.45) is -9.29. The number of benzene rings is 1. The van der Waals surface area contributed by atoms with E-state index in [0.29, 0.717) is 19.2 Å². The van der Waals surface area contributed by atoms with Gasteiger partial charge in [-0.05, 0) is 17.7 Å². The van der Waals surface area contributed by atoms with E-state index in [9.17, 15) is 26.3 Å². The Hall–Kier alpha value is -0.700. The van der Waals surface area contributed by atoms with Crippen molar-refractivity contribution in [3.8, 4) is 0 Å². The number of halogens is 8. The molecule has 23 heavy (non-hydrogen) atoms. The Labute approximate surface area is 140 Å². The third-order valence-corrected chi connectivity index (χ3v) is 3.75. The Balaban J connectivity index is 0.00000264. The van der Waals surface area contributed by atoms with Crippen molar-refractivity contribution in [2.24, 2.45) is 0 Å². The average molecular weight is 383 g/mol. The lowest BCUT2D eigenvalue weighted by Crippen LogP contribution is -2.49. The maximum absolute atomic E-state index is 13.3. The first-order valence-corrected chi connectivity index (χ1v) is 6.86. The minimum atomic E-state index is -4.70. The van der Waals surface area contributed by atoms with Gasteiger partial charge in [-0.15, -0.1) is 12.4 Å². The Morgan fingerprint density at radius 1 is 1.04 bits per heavy atom. The van der Waals surface area contributed by atoms with Gasteiger partial charge in [-0.2, -0.15) is 26.3 Å². The number of rotatable bonds is 2. The van der Waals surface area contributed by atoms with Gasteiger partial charge in [-0.1, -0.05) is 17.7 Å². The summed E-state index contributed by atoms with van der Waals surface area (Å²) >= 11 is 5.53. The van der Waals surface area contributed by atoms with E-state index in [1.165, 1.54) is 4.90 Å². The number of hydrogen-bond donors (Lipinski definition) is 1. The fourth-order valence-electron chi connectivity index (χ4n) is 2.48. The third-order valence-electron chi connectivity index (χ3n) is 3.44. The molecule has 10 heteroatoms. The van der Waals surface area contributed by atoms with Gasteiger partial charge >= 0.3 is 12.4 Å². The van der Waals surface area contributed by atoms with Crippen molar-refractivity contribution in [2.45, 2.75) is 18.4 Å². The molecule has 1 heterocycles. The van der Waals surface area contributed by atoms with Crippen molar-refractivity contribution in [1.29, 1.82) is 0 Å². The molecule has 1 aromatic rings. The lowest BCUT2D eigenvalue weighted by molar-refractivity contribution is -0.187. The predicted molar refractivity (Wildman–Crippen MR) is 76.9 cm³/mol. The molecule has 0 radical (unpaired) electrons. The molecule has 0 aromatic heterocycles. The quantitative estimate of drug-likeness (QED) is 0.767. The molecule has 0 unspecified atom stereocenters. The van der Waals surface area contributed by atoms with Gasteiger partial charge in [0.2, 0.25) is 0 Å². The molecule has 1 fully saturated rings. The summed E-state index contributed by atoms with van der Waals surface area (Å²) in [5.74, 6) is 0. The Morgan fingerprint density at radius 3 is 2.04 bits per heavy atom. The van der Waals surface area contributed by atoms with Gasteiger partial charge in [0.05, 0.1) is 10.6 Å². The van der Waals surface area contributed by atoms with E-state index in [1.54, 1.807) is 0 Å². The van der Waals surface area contributed by atoms with Crippen LogP contribution in [-0.2, 0) is 6.18 Å². The van der Waals surface area contributed by atoms with Crippen LogP contribution in [0.3, 0.4) is 0 Å². The van der Waals surface area contributed by atoms with Crippen LogP contribution in [0.5, 0.6) is 0 Å². The molecule has 1 aliphatic rings. The zero-order chi connectivity index (χ0) is 16.5. The van der Waals surface area contributed by atoms with Gasteiger partial charge in [0, 0.05) is 26.2 Å². The number of nitrogens with one attached hydrogen (secondary N) is 1. The van der Waals surface area contributed by atoms with E-state index in [-0.39, 0.29) is 31.1 Å². The Bertz CT molecular complexity index is 526. The second kappa shape index (κ2) is 7.46. The van der Waals surface area contributed by atoms with E-state index < -0.39 is 29.0 Å². The summed E-state index contributed by atoms with van der Waals surface area (Å²) in [6.45, 7) is 1.09. The lowest BCUT2D eigenvalue weighted by Gasteiger charge is -2.36. The van der Waals surface area contributed by atoms with Crippen molar-refractivity contribution in [3.05, 3.63) is 34.3 Å². The van der Waals surface area contributed by atoms with Crippen LogP contribution in [0.4, 0.5) is 26.3 Å². The van der Waals surface area contributed by atoms with Crippen LogP contribution >= 0.6 is 24.0 Å². The van der Waals surface area contributed by atoms with Gasteiger partial charge in [0.15, 0.2) is 0 Å². The van der Waals surface area contributed by atoms with Crippen LogP contribution in [0.1, 0.15) is 17.2 Å². The van der Waals surface area contributed by atoms with Gasteiger partial charge in [-0.25, -0.2) is 0 Å². The number of piperazine rings is 1. The van der Waals surface area contributed by atoms with Crippen LogP contribution in [0.25, 0.3) is 0 Å². The van der Waals surface area contributed by atoms with Crippen LogP contribution in [-0.4, -0.2) is 37.3 Å². The molecule has 0 aliphatic carbocycles. The van der Waals surface area contributed by atoms with Gasteiger partial charge in [0.25, 0.3) is 0 Å². The number of nitrogens with zero attached hydrogens (tertiary/aromatic N) is 1. The van der Waals surface area contributed by atoms with Crippen LogP contribution < -0.4 is 5.32 Å². The molecule has 2 nitrogen and oxygen atoms in total. The summed E-state index contributed by atoms with van der Waals surface area (Å²) in [5, 5.41) is 2.20. The SMILES string of the molecule is Cl.FC(F)(F)c1ccc([C@H](N2CCNCC2)C(F)(F)F)cc1Cl. The highest BCUT2D eigenvalue weighted by molar-refractivity contribution is 6.31. The molecule has 1 atom stereocenters. The smallest absolute Gasteiger partial charge is 0.314 e. The zero-order valence-electron chi connectivity index (χ0n) is 11.6. The summed E-state index contributed by atoms with van der Waals surface area (Å²) in [5.41, 5.74) is -1.42. The van der Waals surface area contributed by atoms with Gasteiger partial charge < -0.3 is 5.32 Å². The fraction of sp³-hybridized carbons (Fsp3) is 0.538. The summed E-state index contributed by atoms with van der Waals surface area (Å²) in [6, 6.07) is 0.229. The normalized spacial score (nSPS) is 18.4. The maximum Gasteiger partial charge on any atom is 0.417 e. The molecule has 0 bridgehead atoms. The molecular weight excluding hydrogens is 369 g/mol. The summed E-state index contributed by atoms with van der Waals surface area (Å²) in [7, 11) is 0. The van der Waals surface area contributed by atoms with Crippen molar-refractivity contribution < 1.29 is 26.3 Å². The standard InChI is InChI=1S/C13H13ClF6N2.ClH/c14-10-7-8(1-2-9(10)12(15,16)17)11(13(18,19)20)22-5-3-21-4-6-22;/h1-2,7,11,21H,3-6H2;1H/t11-;/m0./s1. The first-order valence-electron chi connectivity index (χ1n) is 6.49. The van der Waals surface area contributed by atoms with Crippen molar-refractivity contribution in [3.63, 3.8) is 0 Å². The molecule has 1 N–H and O–H groups in total. The monoisotopic (exact) mass is 382 g/mol. The minimum absolute atomic E-state index is 0. The Morgan fingerprint density at radius 2 is 1.61 bits per heavy atom. The highest BCUT2D eigenvalue weighted by Crippen LogP contribution is 2.41. The minimum Gasteiger partial charge on any atom is -0.314 e. The molecule has 1 saturated heterocycles. The highest BCUT2D eigenvalue weighted by atomic mass is 35.5. The fourth-order valence-corrected chi connectivity index (χ4v) is 2.77. The van der Waals surface area contributed by atoms with Crippen LogP contribution in [0.15, 0.2) is 18.2 Å². The third kappa shape index (κ3) is 4.89.